The second-order valence-electron chi connectivity index (χ2n) is 5.83. The van der Waals surface area contributed by atoms with Crippen molar-refractivity contribution in [1.82, 2.24) is 10.2 Å². The number of furan rings is 1. The Morgan fingerprint density at radius 3 is 2.68 bits per heavy atom. The van der Waals surface area contributed by atoms with E-state index in [1.807, 2.05) is 19.1 Å². The molecule has 0 aliphatic carbocycles. The highest BCUT2D eigenvalue weighted by Gasteiger charge is 2.28. The van der Waals surface area contributed by atoms with Crippen molar-refractivity contribution in [1.29, 1.82) is 0 Å². The normalized spacial score (nSPS) is 17.4. The monoisotopic (exact) mass is 364 g/mol. The highest BCUT2D eigenvalue weighted by atomic mass is 19.4. The number of aryl methyl sites for hydroxylation is 1. The first-order valence-corrected chi connectivity index (χ1v) is 8.14. The number of nitrogens with zero attached hydrogens (tertiary/aromatic N) is 1. The molecule has 1 saturated heterocycles. The summed E-state index contributed by atoms with van der Waals surface area (Å²) < 4.78 is 51.4. The van der Waals surface area contributed by atoms with Crippen LogP contribution >= 0.6 is 0 Å². The summed E-state index contributed by atoms with van der Waals surface area (Å²) >= 11 is 0. The van der Waals surface area contributed by atoms with Gasteiger partial charge in [-0.3, -0.25) is 9.69 Å². The topological polar surface area (TPSA) is 63.9 Å². The number of rotatable bonds is 8. The number of halogens is 3. The van der Waals surface area contributed by atoms with Crippen LogP contribution in [0.3, 0.4) is 0 Å². The van der Waals surface area contributed by atoms with Gasteiger partial charge in [0.15, 0.2) is 0 Å². The number of ether oxygens (including phenoxy) is 2. The van der Waals surface area contributed by atoms with Gasteiger partial charge in [-0.1, -0.05) is 0 Å². The molecule has 1 amide bonds. The summed E-state index contributed by atoms with van der Waals surface area (Å²) in [6, 6.07) is 3.58. The third-order valence-corrected chi connectivity index (χ3v) is 3.81. The Kier molecular flexibility index (Phi) is 7.27. The molecule has 1 aromatic rings. The summed E-state index contributed by atoms with van der Waals surface area (Å²) in [7, 11) is 0. The smallest absolute Gasteiger partial charge is 0.411 e. The molecule has 0 saturated carbocycles. The van der Waals surface area contributed by atoms with Crippen molar-refractivity contribution in [2.45, 2.75) is 25.6 Å². The molecule has 25 heavy (non-hydrogen) atoms. The molecule has 2 heterocycles. The third kappa shape index (κ3) is 7.05. The quantitative estimate of drug-likeness (QED) is 0.716. The molecule has 2 rings (SSSR count). The lowest BCUT2D eigenvalue weighted by molar-refractivity contribution is -0.174. The Morgan fingerprint density at radius 1 is 1.36 bits per heavy atom. The van der Waals surface area contributed by atoms with E-state index in [0.717, 1.165) is 24.6 Å². The van der Waals surface area contributed by atoms with Gasteiger partial charge in [0.2, 0.25) is 5.91 Å². The average molecular weight is 364 g/mol. The van der Waals surface area contributed by atoms with Gasteiger partial charge in [-0.2, -0.15) is 13.2 Å². The van der Waals surface area contributed by atoms with Crippen molar-refractivity contribution >= 4 is 5.91 Å². The second kappa shape index (κ2) is 9.21. The first-order valence-electron chi connectivity index (χ1n) is 8.14. The lowest BCUT2D eigenvalue weighted by Crippen LogP contribution is -2.43. The molecule has 1 unspecified atom stereocenters. The number of carbonyl (C=O) groups excluding carboxylic acids is 1. The zero-order chi connectivity index (χ0) is 18.3. The number of carbonyl (C=O) groups is 1. The fraction of sp³-hybridized carbons (Fsp3) is 0.688. The lowest BCUT2D eigenvalue weighted by atomic mass is 10.1. The van der Waals surface area contributed by atoms with Crippen LogP contribution in [0.5, 0.6) is 0 Å². The van der Waals surface area contributed by atoms with Crippen LogP contribution in [0.2, 0.25) is 0 Å². The highest BCUT2D eigenvalue weighted by molar-refractivity contribution is 5.76. The number of hydrogen-bond donors (Lipinski definition) is 1. The zero-order valence-corrected chi connectivity index (χ0v) is 14.1. The third-order valence-electron chi connectivity index (χ3n) is 3.81. The minimum Gasteiger partial charge on any atom is -0.465 e. The van der Waals surface area contributed by atoms with Crippen molar-refractivity contribution < 1.29 is 31.9 Å². The van der Waals surface area contributed by atoms with E-state index in [4.69, 9.17) is 9.15 Å². The molecule has 1 aliphatic rings. The summed E-state index contributed by atoms with van der Waals surface area (Å²) in [5, 5.41) is 2.74. The predicted octanol–water partition coefficient (Wildman–Crippen LogP) is 2.05. The molecule has 1 N–H and O–H groups in total. The molecule has 0 bridgehead atoms. The van der Waals surface area contributed by atoms with E-state index in [-0.39, 0.29) is 25.0 Å². The molecule has 1 aliphatic heterocycles. The van der Waals surface area contributed by atoms with Crippen LogP contribution in [-0.2, 0) is 14.3 Å². The number of alkyl halides is 3. The van der Waals surface area contributed by atoms with Crippen LogP contribution in [0.4, 0.5) is 13.2 Å². The average Bonchev–Trinajstić information content (AvgIpc) is 2.98. The fourth-order valence-corrected chi connectivity index (χ4v) is 2.58. The number of hydrogen-bond acceptors (Lipinski definition) is 5. The summed E-state index contributed by atoms with van der Waals surface area (Å²) in [4.78, 5) is 14.0. The van der Waals surface area contributed by atoms with Gasteiger partial charge >= 0.3 is 6.18 Å². The molecular formula is C16H23F3N2O4. The maximum atomic E-state index is 12.0. The molecule has 6 nitrogen and oxygen atoms in total. The van der Waals surface area contributed by atoms with Gasteiger partial charge in [-0.15, -0.1) is 0 Å². The Morgan fingerprint density at radius 2 is 2.08 bits per heavy atom. The zero-order valence-electron chi connectivity index (χ0n) is 14.1. The molecule has 0 spiro atoms. The van der Waals surface area contributed by atoms with Crippen LogP contribution in [0.1, 0.15) is 24.0 Å². The van der Waals surface area contributed by atoms with Gasteiger partial charge < -0.3 is 19.2 Å². The van der Waals surface area contributed by atoms with Gasteiger partial charge in [-0.25, -0.2) is 0 Å². The van der Waals surface area contributed by atoms with Gasteiger partial charge in [-0.05, 0) is 19.1 Å². The van der Waals surface area contributed by atoms with E-state index in [9.17, 15) is 18.0 Å². The van der Waals surface area contributed by atoms with E-state index >= 15 is 0 Å². The van der Waals surface area contributed by atoms with Crippen LogP contribution in [0.15, 0.2) is 16.5 Å². The Labute approximate surface area is 144 Å². The SMILES string of the molecule is Cc1ccc(C(CNC(=O)CCOCC(F)(F)F)N2CCOCC2)o1. The molecule has 9 heteroatoms. The highest BCUT2D eigenvalue weighted by Crippen LogP contribution is 2.23. The summed E-state index contributed by atoms with van der Waals surface area (Å²) in [6.45, 7) is 3.19. The Bertz CT molecular complexity index is 542. The van der Waals surface area contributed by atoms with Crippen LogP contribution in [-0.4, -0.2) is 63.0 Å². The molecule has 142 valence electrons. The first-order chi connectivity index (χ1) is 11.8. The number of morpholine rings is 1. The molecule has 1 atom stereocenters. The van der Waals surface area contributed by atoms with E-state index in [0.29, 0.717) is 19.8 Å². The molecule has 0 radical (unpaired) electrons. The van der Waals surface area contributed by atoms with Crippen molar-refractivity contribution in [3.05, 3.63) is 23.7 Å². The van der Waals surface area contributed by atoms with Gasteiger partial charge in [0, 0.05) is 26.1 Å². The minimum absolute atomic E-state index is 0.122. The summed E-state index contributed by atoms with van der Waals surface area (Å²) in [6.07, 6.45) is -4.50. The maximum absolute atomic E-state index is 12.0. The van der Waals surface area contributed by atoms with Crippen LogP contribution in [0, 0.1) is 6.92 Å². The predicted molar refractivity (Wildman–Crippen MR) is 83.1 cm³/mol. The molecular weight excluding hydrogens is 341 g/mol. The summed E-state index contributed by atoms with van der Waals surface area (Å²) in [5.41, 5.74) is 0. The van der Waals surface area contributed by atoms with E-state index in [2.05, 4.69) is 15.0 Å². The van der Waals surface area contributed by atoms with Gasteiger partial charge in [0.25, 0.3) is 0 Å². The Hall–Kier alpha value is -1.58. The Balaban J connectivity index is 1.81. The largest absolute Gasteiger partial charge is 0.465 e. The molecule has 1 fully saturated rings. The maximum Gasteiger partial charge on any atom is 0.411 e. The number of nitrogens with one attached hydrogen (secondary N) is 1. The molecule has 1 aromatic heterocycles. The minimum atomic E-state index is -4.38. The first kappa shape index (κ1) is 19.7. The van der Waals surface area contributed by atoms with Crippen LogP contribution in [0.25, 0.3) is 0 Å². The lowest BCUT2D eigenvalue weighted by Gasteiger charge is -2.33. The fourth-order valence-electron chi connectivity index (χ4n) is 2.58. The van der Waals surface area contributed by atoms with E-state index < -0.39 is 12.8 Å². The van der Waals surface area contributed by atoms with Crippen molar-refractivity contribution in [3.8, 4) is 0 Å². The van der Waals surface area contributed by atoms with Gasteiger partial charge in [0.05, 0.1) is 25.9 Å². The van der Waals surface area contributed by atoms with E-state index in [1.54, 1.807) is 0 Å². The standard InChI is InChI=1S/C16H23F3N2O4/c1-12-2-3-14(25-12)13(21-5-8-23-9-6-21)10-20-15(22)4-7-24-11-16(17,18)19/h2-3,13H,4-11H2,1H3,(H,20,22). The van der Waals surface area contributed by atoms with E-state index in [1.165, 1.54) is 0 Å². The van der Waals surface area contributed by atoms with Gasteiger partial charge in [0.1, 0.15) is 18.1 Å². The second-order valence-corrected chi connectivity index (χ2v) is 5.83. The van der Waals surface area contributed by atoms with Crippen molar-refractivity contribution in [2.75, 3.05) is 46.1 Å². The number of amides is 1. The van der Waals surface area contributed by atoms with Crippen molar-refractivity contribution in [2.24, 2.45) is 0 Å². The molecule has 0 aromatic carbocycles. The van der Waals surface area contributed by atoms with Crippen molar-refractivity contribution in [3.63, 3.8) is 0 Å². The van der Waals surface area contributed by atoms with Crippen LogP contribution < -0.4 is 5.32 Å². The summed E-state index contributed by atoms with van der Waals surface area (Å²) in [5.74, 6) is 1.16.